The second-order valence-corrected chi connectivity index (χ2v) is 3.07. The Morgan fingerprint density at radius 3 is 2.56 bits per heavy atom. The van der Waals surface area contributed by atoms with E-state index >= 15 is 0 Å². The van der Waals surface area contributed by atoms with Crippen molar-refractivity contribution in [3.63, 3.8) is 0 Å². The molecule has 0 radical (unpaired) electrons. The minimum Gasteiger partial charge on any atom is -0.299 e. The van der Waals surface area contributed by atoms with E-state index in [1.165, 1.54) is 25.1 Å². The summed E-state index contributed by atoms with van der Waals surface area (Å²) in [6.45, 7) is 7.53. The molecule has 1 rings (SSSR count). The van der Waals surface area contributed by atoms with Crippen LogP contribution in [0.5, 0.6) is 0 Å². The molecule has 1 fully saturated rings. The quantitative estimate of drug-likeness (QED) is 0.483. The van der Waals surface area contributed by atoms with E-state index in [9.17, 15) is 0 Å². The molecule has 9 heavy (non-hydrogen) atoms. The van der Waals surface area contributed by atoms with Gasteiger partial charge >= 0.3 is 0 Å². The maximum Gasteiger partial charge on any atom is 0.0251 e. The van der Waals surface area contributed by atoms with Crippen molar-refractivity contribution < 1.29 is 0 Å². The molecule has 1 nitrogen and oxygen atoms in total. The van der Waals surface area contributed by atoms with Gasteiger partial charge in [-0.2, -0.15) is 0 Å². The first-order valence-corrected chi connectivity index (χ1v) is 4.40. The van der Waals surface area contributed by atoms with Crippen molar-refractivity contribution in [3.05, 3.63) is 12.2 Å². The molecular formula is C7H12BrN. The van der Waals surface area contributed by atoms with E-state index in [1.807, 2.05) is 0 Å². The average molecular weight is 190 g/mol. The van der Waals surface area contributed by atoms with E-state index in [0.717, 1.165) is 11.9 Å². The summed E-state index contributed by atoms with van der Waals surface area (Å²) in [6, 6.07) is 0. The first-order chi connectivity index (χ1) is 4.33. The van der Waals surface area contributed by atoms with Gasteiger partial charge in [0.15, 0.2) is 0 Å². The SMILES string of the molecule is C=C(CBr)CN1CCC1. The number of halogens is 1. The van der Waals surface area contributed by atoms with Crippen molar-refractivity contribution >= 4 is 15.9 Å². The second kappa shape index (κ2) is 3.37. The van der Waals surface area contributed by atoms with Crippen LogP contribution >= 0.6 is 15.9 Å². The van der Waals surface area contributed by atoms with Crippen LogP contribution in [0.4, 0.5) is 0 Å². The van der Waals surface area contributed by atoms with Gasteiger partial charge in [-0.3, -0.25) is 4.90 Å². The van der Waals surface area contributed by atoms with Gasteiger partial charge in [0.25, 0.3) is 0 Å². The largest absolute Gasteiger partial charge is 0.299 e. The Labute approximate surface area is 64.9 Å². The lowest BCUT2D eigenvalue weighted by atomic mass is 10.2. The molecule has 0 aromatic heterocycles. The molecule has 0 unspecified atom stereocenters. The third-order valence-corrected chi connectivity index (χ3v) is 2.38. The Morgan fingerprint density at radius 2 is 2.22 bits per heavy atom. The summed E-state index contributed by atoms with van der Waals surface area (Å²) < 4.78 is 0. The van der Waals surface area contributed by atoms with Crippen molar-refractivity contribution in [1.29, 1.82) is 0 Å². The molecule has 2 heteroatoms. The first kappa shape index (κ1) is 7.29. The van der Waals surface area contributed by atoms with Gasteiger partial charge in [-0.15, -0.1) is 0 Å². The van der Waals surface area contributed by atoms with Crippen molar-refractivity contribution in [2.24, 2.45) is 0 Å². The van der Waals surface area contributed by atoms with Crippen LogP contribution in [0.25, 0.3) is 0 Å². The Hall–Kier alpha value is 0.180. The Bertz CT molecular complexity index is 107. The van der Waals surface area contributed by atoms with Crippen LogP contribution in [-0.4, -0.2) is 29.9 Å². The molecular weight excluding hydrogens is 178 g/mol. The van der Waals surface area contributed by atoms with Crippen molar-refractivity contribution in [3.8, 4) is 0 Å². The van der Waals surface area contributed by atoms with Gasteiger partial charge in [-0.25, -0.2) is 0 Å². The highest BCUT2D eigenvalue weighted by molar-refractivity contribution is 9.09. The molecule has 0 atom stereocenters. The van der Waals surface area contributed by atoms with Crippen molar-refractivity contribution in [2.45, 2.75) is 6.42 Å². The fraction of sp³-hybridized carbons (Fsp3) is 0.714. The minimum atomic E-state index is 0.948. The summed E-state index contributed by atoms with van der Waals surface area (Å²) in [6.07, 6.45) is 1.37. The lowest BCUT2D eigenvalue weighted by Gasteiger charge is -2.30. The molecule has 0 spiro atoms. The van der Waals surface area contributed by atoms with Crippen molar-refractivity contribution in [1.82, 2.24) is 4.90 Å². The van der Waals surface area contributed by atoms with Crippen LogP contribution in [0.1, 0.15) is 6.42 Å². The van der Waals surface area contributed by atoms with Crippen LogP contribution in [0.2, 0.25) is 0 Å². The number of nitrogens with zero attached hydrogens (tertiary/aromatic N) is 1. The summed E-state index contributed by atoms with van der Waals surface area (Å²) in [5, 5.41) is 0.948. The van der Waals surface area contributed by atoms with Gasteiger partial charge in [0.2, 0.25) is 0 Å². The number of likely N-dealkylation sites (tertiary alicyclic amines) is 1. The highest BCUT2D eigenvalue weighted by Crippen LogP contribution is 2.08. The average Bonchev–Trinajstić information content (AvgIpc) is 1.78. The molecule has 1 saturated heterocycles. The standard InChI is InChI=1S/C7H12BrN/c1-7(5-8)6-9-3-2-4-9/h1-6H2. The first-order valence-electron chi connectivity index (χ1n) is 3.28. The fourth-order valence-electron chi connectivity index (χ4n) is 0.898. The number of hydrogen-bond acceptors (Lipinski definition) is 1. The van der Waals surface area contributed by atoms with Gasteiger partial charge in [0.05, 0.1) is 0 Å². The van der Waals surface area contributed by atoms with Gasteiger partial charge in [-0.05, 0) is 19.5 Å². The van der Waals surface area contributed by atoms with Gasteiger partial charge < -0.3 is 0 Å². The Balaban J connectivity index is 2.09. The Morgan fingerprint density at radius 1 is 1.56 bits per heavy atom. The molecule has 0 aromatic rings. The van der Waals surface area contributed by atoms with Gasteiger partial charge in [-0.1, -0.05) is 28.1 Å². The molecule has 52 valence electrons. The van der Waals surface area contributed by atoms with Crippen LogP contribution in [-0.2, 0) is 0 Å². The zero-order chi connectivity index (χ0) is 6.69. The number of alkyl halides is 1. The molecule has 1 heterocycles. The predicted molar refractivity (Wildman–Crippen MR) is 44.0 cm³/mol. The van der Waals surface area contributed by atoms with Crippen molar-refractivity contribution in [2.75, 3.05) is 25.0 Å². The fourth-order valence-corrected chi connectivity index (χ4v) is 1.08. The summed E-state index contributed by atoms with van der Waals surface area (Å²) in [5.41, 5.74) is 1.29. The monoisotopic (exact) mass is 189 g/mol. The van der Waals surface area contributed by atoms with Crippen LogP contribution < -0.4 is 0 Å². The molecule has 1 aliphatic rings. The second-order valence-electron chi connectivity index (χ2n) is 2.51. The highest BCUT2D eigenvalue weighted by Gasteiger charge is 2.12. The highest BCUT2D eigenvalue weighted by atomic mass is 79.9. The molecule has 0 aromatic carbocycles. The van der Waals surface area contributed by atoms with E-state index in [0.29, 0.717) is 0 Å². The smallest absolute Gasteiger partial charge is 0.0251 e. The van der Waals surface area contributed by atoms with E-state index in [-0.39, 0.29) is 0 Å². The summed E-state index contributed by atoms with van der Waals surface area (Å²) in [4.78, 5) is 2.41. The molecule has 0 saturated carbocycles. The zero-order valence-electron chi connectivity index (χ0n) is 5.57. The zero-order valence-corrected chi connectivity index (χ0v) is 7.15. The van der Waals surface area contributed by atoms with E-state index in [2.05, 4.69) is 27.4 Å². The minimum absolute atomic E-state index is 0.948. The maximum atomic E-state index is 3.91. The van der Waals surface area contributed by atoms with Gasteiger partial charge in [0, 0.05) is 11.9 Å². The van der Waals surface area contributed by atoms with E-state index < -0.39 is 0 Å². The van der Waals surface area contributed by atoms with E-state index in [1.54, 1.807) is 0 Å². The lowest BCUT2D eigenvalue weighted by Crippen LogP contribution is -2.38. The Kier molecular flexibility index (Phi) is 2.73. The molecule has 0 bridgehead atoms. The normalized spacial score (nSPS) is 19.2. The summed E-state index contributed by atoms with van der Waals surface area (Å²) >= 11 is 3.37. The summed E-state index contributed by atoms with van der Waals surface area (Å²) in [5.74, 6) is 0. The molecule has 0 aliphatic carbocycles. The van der Waals surface area contributed by atoms with Crippen LogP contribution in [0.15, 0.2) is 12.2 Å². The topological polar surface area (TPSA) is 3.24 Å². The molecule has 0 amide bonds. The third kappa shape index (κ3) is 2.11. The lowest BCUT2D eigenvalue weighted by molar-refractivity contribution is 0.199. The number of rotatable bonds is 3. The third-order valence-electron chi connectivity index (χ3n) is 1.58. The van der Waals surface area contributed by atoms with Crippen LogP contribution in [0.3, 0.4) is 0 Å². The van der Waals surface area contributed by atoms with E-state index in [4.69, 9.17) is 0 Å². The maximum absolute atomic E-state index is 3.91. The summed E-state index contributed by atoms with van der Waals surface area (Å²) in [7, 11) is 0. The van der Waals surface area contributed by atoms with Gasteiger partial charge in [0.1, 0.15) is 0 Å². The molecule has 0 N–H and O–H groups in total. The molecule has 1 aliphatic heterocycles. The number of hydrogen-bond donors (Lipinski definition) is 0. The predicted octanol–water partition coefficient (Wildman–Crippen LogP) is 1.64. The van der Waals surface area contributed by atoms with Crippen LogP contribution in [0, 0.1) is 0 Å².